The Hall–Kier alpha value is -2.82. The molecule has 112 valence electrons. The fourth-order valence-corrected chi connectivity index (χ4v) is 2.39. The van der Waals surface area contributed by atoms with Gasteiger partial charge in [0.1, 0.15) is 0 Å². The number of carboxylic acids is 1. The third-order valence-electron chi connectivity index (χ3n) is 3.49. The van der Waals surface area contributed by atoms with Crippen LogP contribution >= 0.6 is 0 Å². The van der Waals surface area contributed by atoms with Crippen molar-refractivity contribution in [2.75, 3.05) is 6.79 Å². The molecular formula is C17H15NO4. The van der Waals surface area contributed by atoms with Gasteiger partial charge in [-0.3, -0.25) is 4.99 Å². The largest absolute Gasteiger partial charge is 0.478 e. The number of carbonyl (C=O) groups is 1. The van der Waals surface area contributed by atoms with Gasteiger partial charge < -0.3 is 14.6 Å². The fourth-order valence-electron chi connectivity index (χ4n) is 2.39. The minimum atomic E-state index is -0.940. The van der Waals surface area contributed by atoms with Crippen LogP contribution in [0.1, 0.15) is 28.4 Å². The number of aliphatic imine (C=N–C) groups is 1. The summed E-state index contributed by atoms with van der Waals surface area (Å²) in [6.07, 6.45) is 2.23. The summed E-state index contributed by atoms with van der Waals surface area (Å²) < 4.78 is 10.5. The lowest BCUT2D eigenvalue weighted by Crippen LogP contribution is -2.06. The van der Waals surface area contributed by atoms with E-state index in [0.717, 1.165) is 5.56 Å². The summed E-state index contributed by atoms with van der Waals surface area (Å²) >= 11 is 0. The van der Waals surface area contributed by atoms with Crippen molar-refractivity contribution in [2.45, 2.75) is 13.3 Å². The number of aryl methyl sites for hydroxylation is 1. The molecule has 2 aromatic carbocycles. The van der Waals surface area contributed by atoms with Crippen LogP contribution in [0, 0.1) is 0 Å². The number of hydrogen-bond acceptors (Lipinski definition) is 4. The maximum atomic E-state index is 11.5. The summed E-state index contributed by atoms with van der Waals surface area (Å²) in [5.41, 5.74) is 2.36. The lowest BCUT2D eigenvalue weighted by molar-refractivity contribution is 0.0695. The second kappa shape index (κ2) is 5.89. The van der Waals surface area contributed by atoms with Crippen molar-refractivity contribution < 1.29 is 19.4 Å². The highest BCUT2D eigenvalue weighted by molar-refractivity contribution is 6.00. The van der Waals surface area contributed by atoms with Crippen LogP contribution in [0.4, 0.5) is 5.69 Å². The van der Waals surface area contributed by atoms with E-state index in [4.69, 9.17) is 9.47 Å². The molecule has 1 aliphatic heterocycles. The van der Waals surface area contributed by atoms with Gasteiger partial charge in [-0.1, -0.05) is 25.1 Å². The molecule has 0 unspecified atom stereocenters. The van der Waals surface area contributed by atoms with E-state index in [2.05, 4.69) is 4.99 Å². The molecule has 0 spiro atoms. The van der Waals surface area contributed by atoms with Gasteiger partial charge in [0.15, 0.2) is 11.5 Å². The van der Waals surface area contributed by atoms with Crippen LogP contribution in [-0.2, 0) is 6.42 Å². The average Bonchev–Trinajstić information content (AvgIpc) is 2.99. The van der Waals surface area contributed by atoms with Crippen LogP contribution in [0.3, 0.4) is 0 Å². The molecule has 0 radical (unpaired) electrons. The number of fused-ring (bicyclic) bond motifs is 1. The van der Waals surface area contributed by atoms with Crippen LogP contribution in [0.15, 0.2) is 41.4 Å². The van der Waals surface area contributed by atoms with E-state index in [0.29, 0.717) is 34.7 Å². The molecule has 0 fully saturated rings. The predicted molar refractivity (Wildman–Crippen MR) is 82.6 cm³/mol. The Morgan fingerprint density at radius 1 is 1.27 bits per heavy atom. The lowest BCUT2D eigenvalue weighted by atomic mass is 10.00. The maximum absolute atomic E-state index is 11.5. The number of benzene rings is 2. The molecule has 0 bridgehead atoms. The number of ether oxygens (including phenoxy) is 2. The Balaban J connectivity index is 1.94. The van der Waals surface area contributed by atoms with E-state index in [1.165, 1.54) is 0 Å². The van der Waals surface area contributed by atoms with E-state index < -0.39 is 5.97 Å². The average molecular weight is 297 g/mol. The van der Waals surface area contributed by atoms with E-state index in [1.807, 2.05) is 19.1 Å². The quantitative estimate of drug-likeness (QED) is 0.878. The van der Waals surface area contributed by atoms with Crippen LogP contribution in [-0.4, -0.2) is 24.1 Å². The molecule has 1 N–H and O–H groups in total. The van der Waals surface area contributed by atoms with Crippen molar-refractivity contribution >= 4 is 17.9 Å². The van der Waals surface area contributed by atoms with Crippen LogP contribution in [0.5, 0.6) is 11.5 Å². The summed E-state index contributed by atoms with van der Waals surface area (Å²) in [5, 5.41) is 9.40. The highest BCUT2D eigenvalue weighted by Crippen LogP contribution is 2.35. The smallest absolute Gasteiger partial charge is 0.336 e. The molecule has 1 heterocycles. The molecule has 2 aromatic rings. The molecular weight excluding hydrogens is 282 g/mol. The molecule has 5 heteroatoms. The Labute approximate surface area is 127 Å². The van der Waals surface area contributed by atoms with Crippen molar-refractivity contribution in [3.05, 3.63) is 53.1 Å². The normalized spacial score (nSPS) is 12.8. The summed E-state index contributed by atoms with van der Waals surface area (Å²) in [5.74, 6) is 0.401. The highest BCUT2D eigenvalue weighted by Gasteiger charge is 2.14. The van der Waals surface area contributed by atoms with Crippen LogP contribution < -0.4 is 9.47 Å². The molecule has 0 atom stereocenters. The molecule has 3 rings (SSSR count). The van der Waals surface area contributed by atoms with Gasteiger partial charge in [-0.15, -0.1) is 0 Å². The highest BCUT2D eigenvalue weighted by atomic mass is 16.7. The third-order valence-corrected chi connectivity index (χ3v) is 3.49. The fraction of sp³-hybridized carbons (Fsp3) is 0.176. The Bertz CT molecular complexity index is 752. The molecule has 0 amide bonds. The van der Waals surface area contributed by atoms with Crippen LogP contribution in [0.2, 0.25) is 0 Å². The van der Waals surface area contributed by atoms with Crippen molar-refractivity contribution in [1.82, 2.24) is 0 Å². The number of hydrogen-bond donors (Lipinski definition) is 1. The van der Waals surface area contributed by atoms with Gasteiger partial charge in [0, 0.05) is 17.8 Å². The number of aromatic carboxylic acids is 1. The molecule has 22 heavy (non-hydrogen) atoms. The van der Waals surface area contributed by atoms with Crippen molar-refractivity contribution in [2.24, 2.45) is 4.99 Å². The van der Waals surface area contributed by atoms with Crippen molar-refractivity contribution in [1.29, 1.82) is 0 Å². The van der Waals surface area contributed by atoms with E-state index >= 15 is 0 Å². The zero-order valence-corrected chi connectivity index (χ0v) is 12.1. The first-order valence-corrected chi connectivity index (χ1v) is 6.98. The SMILES string of the molecule is CCc1cccc(C=Nc2ccc3c(c2)OCO3)c1C(=O)O. The standard InChI is InChI=1S/C17H15NO4/c1-2-11-4-3-5-12(16(11)17(19)20)9-18-13-6-7-14-15(8-13)22-10-21-14/h3-9H,2,10H2,1H3,(H,19,20). The summed E-state index contributed by atoms with van der Waals surface area (Å²) in [6.45, 7) is 2.14. The zero-order chi connectivity index (χ0) is 15.5. The van der Waals surface area contributed by atoms with E-state index in [-0.39, 0.29) is 6.79 Å². The molecule has 1 aliphatic rings. The van der Waals surface area contributed by atoms with Crippen LogP contribution in [0.25, 0.3) is 0 Å². The van der Waals surface area contributed by atoms with Crippen molar-refractivity contribution in [3.63, 3.8) is 0 Å². The number of nitrogens with zero attached hydrogens (tertiary/aromatic N) is 1. The first-order chi connectivity index (χ1) is 10.7. The molecule has 0 saturated heterocycles. The number of rotatable bonds is 4. The first kappa shape index (κ1) is 14.1. The van der Waals surface area contributed by atoms with Gasteiger partial charge in [0.05, 0.1) is 11.3 Å². The minimum absolute atomic E-state index is 0.213. The van der Waals surface area contributed by atoms with E-state index in [9.17, 15) is 9.90 Å². The Morgan fingerprint density at radius 2 is 2.09 bits per heavy atom. The first-order valence-electron chi connectivity index (χ1n) is 6.98. The number of carboxylic acid groups (broad SMARTS) is 1. The van der Waals surface area contributed by atoms with E-state index in [1.54, 1.807) is 30.5 Å². The van der Waals surface area contributed by atoms with Gasteiger partial charge in [0.2, 0.25) is 6.79 Å². The topological polar surface area (TPSA) is 68.1 Å². The molecule has 0 saturated carbocycles. The second-order valence-corrected chi connectivity index (χ2v) is 4.84. The molecule has 0 aromatic heterocycles. The summed E-state index contributed by atoms with van der Waals surface area (Å²) in [6, 6.07) is 10.8. The Morgan fingerprint density at radius 3 is 2.86 bits per heavy atom. The van der Waals surface area contributed by atoms with Gasteiger partial charge in [-0.25, -0.2) is 4.79 Å². The second-order valence-electron chi connectivity index (χ2n) is 4.84. The summed E-state index contributed by atoms with van der Waals surface area (Å²) in [4.78, 5) is 15.8. The minimum Gasteiger partial charge on any atom is -0.478 e. The van der Waals surface area contributed by atoms with Crippen molar-refractivity contribution in [3.8, 4) is 11.5 Å². The zero-order valence-electron chi connectivity index (χ0n) is 12.1. The van der Waals surface area contributed by atoms with Gasteiger partial charge in [-0.2, -0.15) is 0 Å². The van der Waals surface area contributed by atoms with Gasteiger partial charge in [-0.05, 0) is 24.1 Å². The lowest BCUT2D eigenvalue weighted by Gasteiger charge is -2.06. The maximum Gasteiger partial charge on any atom is 0.336 e. The Kier molecular flexibility index (Phi) is 3.78. The predicted octanol–water partition coefficient (Wildman–Crippen LogP) is 3.43. The summed E-state index contributed by atoms with van der Waals surface area (Å²) in [7, 11) is 0. The van der Waals surface area contributed by atoms with Gasteiger partial charge in [0.25, 0.3) is 0 Å². The monoisotopic (exact) mass is 297 g/mol. The molecule has 0 aliphatic carbocycles. The van der Waals surface area contributed by atoms with Gasteiger partial charge >= 0.3 is 5.97 Å². The third kappa shape index (κ3) is 2.65. The molecule has 5 nitrogen and oxygen atoms in total.